The van der Waals surface area contributed by atoms with Crippen molar-refractivity contribution < 1.29 is 5.11 Å². The summed E-state index contributed by atoms with van der Waals surface area (Å²) in [6.07, 6.45) is 0. The summed E-state index contributed by atoms with van der Waals surface area (Å²) < 4.78 is 0.750. The molecule has 5 heteroatoms. The number of thiazole rings is 1. The minimum absolute atomic E-state index is 0.0653. The van der Waals surface area contributed by atoms with Crippen LogP contribution in [0.15, 0.2) is 9.98 Å². The van der Waals surface area contributed by atoms with E-state index in [2.05, 4.69) is 20.9 Å². The van der Waals surface area contributed by atoms with Crippen LogP contribution in [-0.4, -0.2) is 16.6 Å². The lowest BCUT2D eigenvalue weighted by molar-refractivity contribution is -0.00141. The van der Waals surface area contributed by atoms with Gasteiger partial charge in [0.1, 0.15) is 15.2 Å². The summed E-state index contributed by atoms with van der Waals surface area (Å²) in [7, 11) is 0. The molecule has 1 unspecified atom stereocenters. The van der Waals surface area contributed by atoms with Crippen molar-refractivity contribution in [1.29, 1.82) is 0 Å². The summed E-state index contributed by atoms with van der Waals surface area (Å²) in [5, 5.41) is 12.7. The summed E-state index contributed by atoms with van der Waals surface area (Å²) in [5.41, 5.74) is 4.56. The van der Waals surface area contributed by atoms with Gasteiger partial charge in [0.15, 0.2) is 0 Å². The first-order chi connectivity index (χ1) is 6.00. The van der Waals surface area contributed by atoms with Gasteiger partial charge in [0, 0.05) is 11.9 Å². The second-order valence-corrected chi connectivity index (χ2v) is 4.93. The number of nitrogens with zero attached hydrogens (tertiary/aromatic N) is 1. The van der Waals surface area contributed by atoms with Gasteiger partial charge in [0.25, 0.3) is 0 Å². The Balaban J connectivity index is 3.02. The Morgan fingerprint density at radius 1 is 1.77 bits per heavy atom. The highest BCUT2D eigenvalue weighted by Crippen LogP contribution is 2.31. The molecule has 0 radical (unpaired) electrons. The van der Waals surface area contributed by atoms with Crippen molar-refractivity contribution in [3.63, 3.8) is 0 Å². The van der Waals surface area contributed by atoms with Crippen LogP contribution in [0.1, 0.15) is 18.9 Å². The summed E-state index contributed by atoms with van der Waals surface area (Å²) in [4.78, 5) is 4.18. The Morgan fingerprint density at radius 3 is 2.69 bits per heavy atom. The first-order valence-electron chi connectivity index (χ1n) is 4.04. The van der Waals surface area contributed by atoms with E-state index < -0.39 is 5.60 Å². The van der Waals surface area contributed by atoms with Gasteiger partial charge in [-0.25, -0.2) is 4.98 Å². The Morgan fingerprint density at radius 2 is 2.38 bits per heavy atom. The van der Waals surface area contributed by atoms with Crippen LogP contribution in [0.5, 0.6) is 0 Å². The highest BCUT2D eigenvalue weighted by molar-refractivity contribution is 9.10. The quantitative estimate of drug-likeness (QED) is 0.874. The van der Waals surface area contributed by atoms with Gasteiger partial charge in [-0.15, -0.1) is 11.3 Å². The molecule has 13 heavy (non-hydrogen) atoms. The Kier molecular flexibility index (Phi) is 3.45. The second kappa shape index (κ2) is 4.04. The molecule has 1 atom stereocenters. The molecule has 3 N–H and O–H groups in total. The van der Waals surface area contributed by atoms with Crippen LogP contribution in [0.25, 0.3) is 0 Å². The molecule has 0 aliphatic heterocycles. The molecule has 0 aliphatic carbocycles. The molecule has 1 aromatic rings. The molecule has 3 nitrogen and oxygen atoms in total. The molecule has 0 saturated heterocycles. The van der Waals surface area contributed by atoms with Crippen LogP contribution in [0.2, 0.25) is 0 Å². The molecule has 1 rings (SSSR count). The number of nitrogens with two attached hydrogens (primary N) is 1. The van der Waals surface area contributed by atoms with Crippen molar-refractivity contribution in [1.82, 2.24) is 4.98 Å². The zero-order chi connectivity index (χ0) is 10.1. The standard InChI is InChI=1S/C8H13BrN2OS/c1-5(2)8(12,4-10)7-11-6(9)3-13-7/h3,5,12H,4,10H2,1-2H3. The highest BCUT2D eigenvalue weighted by Gasteiger charge is 2.34. The molecule has 1 aromatic heterocycles. The molecular weight excluding hydrogens is 252 g/mol. The lowest BCUT2D eigenvalue weighted by atomic mass is 9.91. The van der Waals surface area contributed by atoms with Crippen LogP contribution >= 0.6 is 27.3 Å². The summed E-state index contributed by atoms with van der Waals surface area (Å²) in [5.74, 6) is 0.0653. The van der Waals surface area contributed by atoms with Crippen molar-refractivity contribution in [2.75, 3.05) is 6.54 Å². The number of hydrogen-bond acceptors (Lipinski definition) is 4. The molecular formula is C8H13BrN2OS. The molecule has 0 bridgehead atoms. The van der Waals surface area contributed by atoms with E-state index in [0.717, 1.165) is 4.60 Å². The zero-order valence-corrected chi connectivity index (χ0v) is 10.0. The number of rotatable bonds is 3. The van der Waals surface area contributed by atoms with Gasteiger partial charge in [-0.3, -0.25) is 0 Å². The minimum atomic E-state index is -0.989. The molecule has 74 valence electrons. The maximum atomic E-state index is 10.2. The maximum absolute atomic E-state index is 10.2. The van der Waals surface area contributed by atoms with E-state index in [1.54, 1.807) is 0 Å². The molecule has 0 aromatic carbocycles. The van der Waals surface area contributed by atoms with Crippen LogP contribution in [0.3, 0.4) is 0 Å². The van der Waals surface area contributed by atoms with E-state index in [9.17, 15) is 5.11 Å². The van der Waals surface area contributed by atoms with Crippen molar-refractivity contribution in [2.24, 2.45) is 11.7 Å². The molecule has 0 aliphatic rings. The molecule has 0 fully saturated rings. The normalized spacial score (nSPS) is 16.2. The largest absolute Gasteiger partial charge is 0.381 e. The fraction of sp³-hybridized carbons (Fsp3) is 0.625. The van der Waals surface area contributed by atoms with Gasteiger partial charge in [0.2, 0.25) is 0 Å². The highest BCUT2D eigenvalue weighted by atomic mass is 79.9. The maximum Gasteiger partial charge on any atom is 0.130 e. The number of aromatic nitrogens is 1. The van der Waals surface area contributed by atoms with E-state index in [-0.39, 0.29) is 12.5 Å². The fourth-order valence-corrected chi connectivity index (χ4v) is 2.53. The second-order valence-electron chi connectivity index (χ2n) is 3.26. The fourth-order valence-electron chi connectivity index (χ4n) is 1.02. The third kappa shape index (κ3) is 2.10. The Labute approximate surface area is 90.1 Å². The van der Waals surface area contributed by atoms with Crippen molar-refractivity contribution in [3.8, 4) is 0 Å². The lowest BCUT2D eigenvalue weighted by Gasteiger charge is -2.28. The molecule has 0 amide bonds. The topological polar surface area (TPSA) is 59.1 Å². The lowest BCUT2D eigenvalue weighted by Crippen LogP contribution is -2.39. The van der Waals surface area contributed by atoms with E-state index in [4.69, 9.17) is 5.73 Å². The van der Waals surface area contributed by atoms with Gasteiger partial charge in [0.05, 0.1) is 0 Å². The predicted octanol–water partition coefficient (Wildman–Crippen LogP) is 1.71. The van der Waals surface area contributed by atoms with Crippen molar-refractivity contribution in [3.05, 3.63) is 15.0 Å². The molecule has 1 heterocycles. The van der Waals surface area contributed by atoms with Gasteiger partial charge >= 0.3 is 0 Å². The van der Waals surface area contributed by atoms with E-state index in [0.29, 0.717) is 5.01 Å². The smallest absolute Gasteiger partial charge is 0.130 e. The number of halogens is 1. The number of aliphatic hydroxyl groups is 1. The predicted molar refractivity (Wildman–Crippen MR) is 57.6 cm³/mol. The van der Waals surface area contributed by atoms with Gasteiger partial charge in [-0.05, 0) is 21.8 Å². The first kappa shape index (κ1) is 11.1. The summed E-state index contributed by atoms with van der Waals surface area (Å²) in [6.45, 7) is 4.06. The molecule has 0 saturated carbocycles. The average Bonchev–Trinajstić information content (AvgIpc) is 2.50. The van der Waals surface area contributed by atoms with Crippen LogP contribution in [-0.2, 0) is 5.60 Å². The zero-order valence-electron chi connectivity index (χ0n) is 7.62. The van der Waals surface area contributed by atoms with E-state index >= 15 is 0 Å². The third-order valence-corrected chi connectivity index (χ3v) is 3.83. The summed E-state index contributed by atoms with van der Waals surface area (Å²) >= 11 is 4.67. The molecule has 0 spiro atoms. The van der Waals surface area contributed by atoms with Crippen LogP contribution in [0.4, 0.5) is 0 Å². The average molecular weight is 265 g/mol. The summed E-state index contributed by atoms with van der Waals surface area (Å²) in [6, 6.07) is 0. The van der Waals surface area contributed by atoms with Crippen molar-refractivity contribution >= 4 is 27.3 Å². The first-order valence-corrected chi connectivity index (χ1v) is 5.72. The SMILES string of the molecule is CC(C)C(O)(CN)c1nc(Br)cs1. The van der Waals surface area contributed by atoms with Gasteiger partial charge < -0.3 is 10.8 Å². The number of hydrogen-bond donors (Lipinski definition) is 2. The van der Waals surface area contributed by atoms with Crippen molar-refractivity contribution in [2.45, 2.75) is 19.4 Å². The Bertz CT molecular complexity index is 289. The van der Waals surface area contributed by atoms with Crippen LogP contribution in [0, 0.1) is 5.92 Å². The van der Waals surface area contributed by atoms with E-state index in [1.165, 1.54) is 11.3 Å². The third-order valence-electron chi connectivity index (χ3n) is 2.11. The van der Waals surface area contributed by atoms with Crippen LogP contribution < -0.4 is 5.73 Å². The van der Waals surface area contributed by atoms with Gasteiger partial charge in [-0.2, -0.15) is 0 Å². The minimum Gasteiger partial charge on any atom is -0.381 e. The monoisotopic (exact) mass is 264 g/mol. The Hall–Kier alpha value is 0.0300. The van der Waals surface area contributed by atoms with E-state index in [1.807, 2.05) is 19.2 Å². The van der Waals surface area contributed by atoms with Gasteiger partial charge in [-0.1, -0.05) is 13.8 Å².